The first-order chi connectivity index (χ1) is 14.0. The van der Waals surface area contributed by atoms with Gasteiger partial charge < -0.3 is 9.64 Å². The maximum absolute atomic E-state index is 12.7. The summed E-state index contributed by atoms with van der Waals surface area (Å²) in [4.78, 5) is 2.38. The molecule has 3 aromatic rings. The number of rotatable bonds is 6. The highest BCUT2D eigenvalue weighted by atomic mass is 32.2. The highest BCUT2D eigenvalue weighted by Gasteiger charge is 2.16. The van der Waals surface area contributed by atoms with Gasteiger partial charge in [0.2, 0.25) is 0 Å². The fourth-order valence-corrected chi connectivity index (χ4v) is 4.35. The number of hydrogen-bond acceptors (Lipinski definition) is 6. The van der Waals surface area contributed by atoms with Crippen LogP contribution in [0.15, 0.2) is 65.6 Å². The SMILES string of the molecule is COc1ccc(S(=O)(=O)Nc2cccc(-c3ccc(N4CCCC4)nn3)c2)cc1. The van der Waals surface area contributed by atoms with E-state index in [0.29, 0.717) is 17.1 Å². The van der Waals surface area contributed by atoms with Crippen molar-refractivity contribution in [2.75, 3.05) is 29.8 Å². The summed E-state index contributed by atoms with van der Waals surface area (Å²) in [5.41, 5.74) is 1.95. The average Bonchev–Trinajstić information content (AvgIpc) is 3.29. The van der Waals surface area contributed by atoms with Gasteiger partial charge in [0.25, 0.3) is 10.0 Å². The minimum Gasteiger partial charge on any atom is -0.497 e. The first-order valence-electron chi connectivity index (χ1n) is 9.41. The van der Waals surface area contributed by atoms with Crippen LogP contribution in [-0.2, 0) is 10.0 Å². The van der Waals surface area contributed by atoms with E-state index in [0.717, 1.165) is 24.5 Å². The lowest BCUT2D eigenvalue weighted by atomic mass is 10.1. The Hall–Kier alpha value is -3.13. The fraction of sp³-hybridized carbons (Fsp3) is 0.238. The van der Waals surface area contributed by atoms with Gasteiger partial charge in [0, 0.05) is 24.3 Å². The molecule has 7 nitrogen and oxygen atoms in total. The van der Waals surface area contributed by atoms with E-state index in [-0.39, 0.29) is 4.90 Å². The molecule has 1 fully saturated rings. The molecular weight excluding hydrogens is 388 g/mol. The van der Waals surface area contributed by atoms with Crippen molar-refractivity contribution in [1.82, 2.24) is 10.2 Å². The number of benzene rings is 2. The summed E-state index contributed by atoms with van der Waals surface area (Å²) in [6.07, 6.45) is 2.36. The molecule has 0 spiro atoms. The summed E-state index contributed by atoms with van der Waals surface area (Å²) in [6, 6.07) is 17.2. The first-order valence-corrected chi connectivity index (χ1v) is 10.9. The molecule has 8 heteroatoms. The van der Waals surface area contributed by atoms with Crippen LogP contribution in [0.2, 0.25) is 0 Å². The van der Waals surface area contributed by atoms with Crippen molar-refractivity contribution < 1.29 is 13.2 Å². The number of ether oxygens (including phenoxy) is 1. The number of sulfonamides is 1. The molecule has 0 bridgehead atoms. The molecule has 0 aliphatic carbocycles. The molecule has 0 radical (unpaired) electrons. The molecule has 1 N–H and O–H groups in total. The normalized spacial score (nSPS) is 14.0. The summed E-state index contributed by atoms with van der Waals surface area (Å²) in [5.74, 6) is 1.48. The summed E-state index contributed by atoms with van der Waals surface area (Å²) in [6.45, 7) is 2.02. The Morgan fingerprint density at radius 1 is 0.966 bits per heavy atom. The Morgan fingerprint density at radius 2 is 1.72 bits per heavy atom. The van der Waals surface area contributed by atoms with E-state index in [4.69, 9.17) is 4.74 Å². The van der Waals surface area contributed by atoms with E-state index in [9.17, 15) is 8.42 Å². The second-order valence-corrected chi connectivity index (χ2v) is 8.52. The first kappa shape index (κ1) is 19.2. The Labute approximate surface area is 170 Å². The summed E-state index contributed by atoms with van der Waals surface area (Å²) >= 11 is 0. The highest BCUT2D eigenvalue weighted by Crippen LogP contribution is 2.25. The zero-order valence-electron chi connectivity index (χ0n) is 16.1. The predicted molar refractivity (Wildman–Crippen MR) is 113 cm³/mol. The molecule has 1 aliphatic rings. The van der Waals surface area contributed by atoms with Gasteiger partial charge in [0.1, 0.15) is 5.75 Å². The van der Waals surface area contributed by atoms with Crippen molar-refractivity contribution in [3.63, 3.8) is 0 Å². The van der Waals surface area contributed by atoms with Crippen LogP contribution in [0, 0.1) is 0 Å². The van der Waals surface area contributed by atoms with Gasteiger partial charge in [-0.05, 0) is 61.4 Å². The van der Waals surface area contributed by atoms with E-state index in [1.165, 1.54) is 32.1 Å². The Kier molecular flexibility index (Phi) is 5.35. The van der Waals surface area contributed by atoms with Crippen LogP contribution in [0.3, 0.4) is 0 Å². The molecule has 0 unspecified atom stereocenters. The monoisotopic (exact) mass is 410 g/mol. The molecular formula is C21H22N4O3S. The van der Waals surface area contributed by atoms with Crippen LogP contribution < -0.4 is 14.4 Å². The summed E-state index contributed by atoms with van der Waals surface area (Å²) in [7, 11) is -2.17. The second kappa shape index (κ2) is 8.08. The van der Waals surface area contributed by atoms with Crippen molar-refractivity contribution >= 4 is 21.5 Å². The topological polar surface area (TPSA) is 84.4 Å². The van der Waals surface area contributed by atoms with E-state index in [2.05, 4.69) is 19.8 Å². The van der Waals surface area contributed by atoms with Crippen molar-refractivity contribution in [2.24, 2.45) is 0 Å². The number of nitrogens with one attached hydrogen (secondary N) is 1. The van der Waals surface area contributed by atoms with Gasteiger partial charge >= 0.3 is 0 Å². The van der Waals surface area contributed by atoms with Crippen LogP contribution in [-0.4, -0.2) is 38.8 Å². The van der Waals surface area contributed by atoms with Crippen LogP contribution in [0.25, 0.3) is 11.3 Å². The van der Waals surface area contributed by atoms with Gasteiger partial charge in [-0.3, -0.25) is 4.72 Å². The standard InChI is InChI=1S/C21H22N4O3S/c1-28-18-7-9-19(10-8-18)29(26,27)24-17-6-4-5-16(15-17)20-11-12-21(23-22-20)25-13-2-3-14-25/h4-12,15,24H,2-3,13-14H2,1H3. The van der Waals surface area contributed by atoms with Gasteiger partial charge in [0.15, 0.2) is 5.82 Å². The molecule has 2 aromatic carbocycles. The maximum Gasteiger partial charge on any atom is 0.261 e. The highest BCUT2D eigenvalue weighted by molar-refractivity contribution is 7.92. The van der Waals surface area contributed by atoms with Gasteiger partial charge in [-0.15, -0.1) is 10.2 Å². The van der Waals surface area contributed by atoms with Gasteiger partial charge in [0.05, 0.1) is 17.7 Å². The predicted octanol–water partition coefficient (Wildman–Crippen LogP) is 3.55. The minimum absolute atomic E-state index is 0.165. The van der Waals surface area contributed by atoms with Crippen molar-refractivity contribution in [3.8, 4) is 17.0 Å². The summed E-state index contributed by atoms with van der Waals surface area (Å²) in [5, 5.41) is 8.66. The molecule has 2 heterocycles. The van der Waals surface area contributed by atoms with Crippen molar-refractivity contribution in [1.29, 1.82) is 0 Å². The van der Waals surface area contributed by atoms with Crippen molar-refractivity contribution in [3.05, 3.63) is 60.7 Å². The van der Waals surface area contributed by atoms with Gasteiger partial charge in [-0.1, -0.05) is 12.1 Å². The second-order valence-electron chi connectivity index (χ2n) is 6.83. The largest absolute Gasteiger partial charge is 0.497 e. The van der Waals surface area contributed by atoms with Crippen molar-refractivity contribution in [2.45, 2.75) is 17.7 Å². The molecule has 150 valence electrons. The van der Waals surface area contributed by atoms with Gasteiger partial charge in [-0.2, -0.15) is 0 Å². The number of nitrogens with zero attached hydrogens (tertiary/aromatic N) is 3. The number of aromatic nitrogens is 2. The molecule has 1 saturated heterocycles. The molecule has 0 atom stereocenters. The van der Waals surface area contributed by atoms with E-state index in [1.807, 2.05) is 18.2 Å². The molecule has 0 amide bonds. The molecule has 1 aliphatic heterocycles. The van der Waals surface area contributed by atoms with Crippen LogP contribution in [0.4, 0.5) is 11.5 Å². The maximum atomic E-state index is 12.7. The lowest BCUT2D eigenvalue weighted by molar-refractivity contribution is 0.414. The van der Waals surface area contributed by atoms with E-state index >= 15 is 0 Å². The smallest absolute Gasteiger partial charge is 0.261 e. The zero-order chi connectivity index (χ0) is 20.3. The Bertz CT molecular complexity index is 1080. The molecule has 1 aromatic heterocycles. The van der Waals surface area contributed by atoms with Gasteiger partial charge in [-0.25, -0.2) is 8.42 Å². The number of anilines is 2. The molecule has 29 heavy (non-hydrogen) atoms. The van der Waals surface area contributed by atoms with E-state index in [1.54, 1.807) is 30.3 Å². The van der Waals surface area contributed by atoms with Crippen LogP contribution in [0.1, 0.15) is 12.8 Å². The average molecular weight is 410 g/mol. The zero-order valence-corrected chi connectivity index (χ0v) is 16.9. The number of hydrogen-bond donors (Lipinski definition) is 1. The quantitative estimate of drug-likeness (QED) is 0.669. The van der Waals surface area contributed by atoms with Crippen LogP contribution in [0.5, 0.6) is 5.75 Å². The summed E-state index contributed by atoms with van der Waals surface area (Å²) < 4.78 is 33.0. The molecule has 4 rings (SSSR count). The lowest BCUT2D eigenvalue weighted by Gasteiger charge is -2.15. The third-order valence-electron chi connectivity index (χ3n) is 4.86. The number of methoxy groups -OCH3 is 1. The molecule has 0 saturated carbocycles. The van der Waals surface area contributed by atoms with E-state index < -0.39 is 10.0 Å². The third kappa shape index (κ3) is 4.32. The Morgan fingerprint density at radius 3 is 2.38 bits per heavy atom. The third-order valence-corrected chi connectivity index (χ3v) is 6.26. The lowest BCUT2D eigenvalue weighted by Crippen LogP contribution is -2.19. The Balaban J connectivity index is 1.53. The minimum atomic E-state index is -3.70. The fourth-order valence-electron chi connectivity index (χ4n) is 3.31. The van der Waals surface area contributed by atoms with Crippen LogP contribution >= 0.6 is 0 Å².